The predicted octanol–water partition coefficient (Wildman–Crippen LogP) is 2.29. The van der Waals surface area contributed by atoms with E-state index in [1.54, 1.807) is 6.33 Å². The minimum Gasteiger partial charge on any atom is -0.394 e. The highest BCUT2D eigenvalue weighted by molar-refractivity contribution is 5.93. The molecular weight excluding hydrogens is 354 g/mol. The molecule has 2 N–H and O–H groups in total. The first-order chi connectivity index (χ1) is 13.7. The van der Waals surface area contributed by atoms with Crippen molar-refractivity contribution in [3.05, 3.63) is 42.7 Å². The quantitative estimate of drug-likeness (QED) is 0.827. The van der Waals surface area contributed by atoms with Crippen LogP contribution in [0.15, 0.2) is 42.7 Å². The van der Waals surface area contributed by atoms with Crippen LogP contribution in [0.25, 0.3) is 0 Å². The molecular formula is C21H27N5O2. The fraction of sp³-hybridized carbons (Fsp3) is 0.476. The zero-order chi connectivity index (χ0) is 19.3. The summed E-state index contributed by atoms with van der Waals surface area (Å²) in [5.41, 5.74) is 0.832. The first kappa shape index (κ1) is 18.7. The molecule has 2 saturated heterocycles. The van der Waals surface area contributed by atoms with Crippen LogP contribution >= 0.6 is 0 Å². The van der Waals surface area contributed by atoms with Crippen molar-refractivity contribution in [3.63, 3.8) is 0 Å². The Bertz CT molecular complexity index is 800. The fourth-order valence-corrected chi connectivity index (χ4v) is 4.16. The summed E-state index contributed by atoms with van der Waals surface area (Å²) in [7, 11) is 0. The Balaban J connectivity index is 1.44. The minimum absolute atomic E-state index is 0.0602. The van der Waals surface area contributed by atoms with Crippen molar-refractivity contribution in [2.24, 2.45) is 5.92 Å². The standard InChI is InChI=1S/C21H27N5O2/c27-14-18-9-5-11-26(18)20-12-19(22-15-23-20)25-10-4-6-16(13-25)21(28)24-17-7-2-1-3-8-17/h1-3,7-8,12,15-16,18,27H,4-6,9-11,13-14H2,(H,24,28). The van der Waals surface area contributed by atoms with E-state index in [-0.39, 0.29) is 24.5 Å². The van der Waals surface area contributed by atoms with Crippen molar-refractivity contribution < 1.29 is 9.90 Å². The zero-order valence-corrected chi connectivity index (χ0v) is 16.0. The summed E-state index contributed by atoms with van der Waals surface area (Å²) in [6, 6.07) is 11.7. The first-order valence-corrected chi connectivity index (χ1v) is 10.0. The van der Waals surface area contributed by atoms with Crippen LogP contribution in [0.5, 0.6) is 0 Å². The molecule has 2 unspecified atom stereocenters. The van der Waals surface area contributed by atoms with Crippen LogP contribution in [0.2, 0.25) is 0 Å². The van der Waals surface area contributed by atoms with Crippen LogP contribution in [0.3, 0.4) is 0 Å². The molecule has 2 fully saturated rings. The lowest BCUT2D eigenvalue weighted by molar-refractivity contribution is -0.120. The van der Waals surface area contributed by atoms with Gasteiger partial charge in [-0.1, -0.05) is 18.2 Å². The van der Waals surface area contributed by atoms with Gasteiger partial charge in [0, 0.05) is 31.4 Å². The molecule has 7 heteroatoms. The Kier molecular flexibility index (Phi) is 5.71. The third-order valence-corrected chi connectivity index (χ3v) is 5.68. The summed E-state index contributed by atoms with van der Waals surface area (Å²) >= 11 is 0. The molecule has 148 valence electrons. The molecule has 1 amide bonds. The molecule has 0 aliphatic carbocycles. The second-order valence-corrected chi connectivity index (χ2v) is 7.55. The van der Waals surface area contributed by atoms with Crippen LogP contribution in [0.1, 0.15) is 25.7 Å². The smallest absolute Gasteiger partial charge is 0.229 e. The van der Waals surface area contributed by atoms with Gasteiger partial charge in [0.2, 0.25) is 5.91 Å². The minimum atomic E-state index is -0.0654. The summed E-state index contributed by atoms with van der Waals surface area (Å²) in [6.45, 7) is 2.59. The van der Waals surface area contributed by atoms with Gasteiger partial charge in [-0.2, -0.15) is 0 Å². The number of benzene rings is 1. The maximum atomic E-state index is 12.7. The summed E-state index contributed by atoms with van der Waals surface area (Å²) in [6.07, 6.45) is 5.48. The van der Waals surface area contributed by atoms with Gasteiger partial charge in [0.05, 0.1) is 18.6 Å². The first-order valence-electron chi connectivity index (χ1n) is 10.0. The van der Waals surface area contributed by atoms with Crippen molar-refractivity contribution >= 4 is 23.2 Å². The number of hydrogen-bond acceptors (Lipinski definition) is 6. The van der Waals surface area contributed by atoms with E-state index in [0.717, 1.165) is 56.1 Å². The number of carbonyl (C=O) groups excluding carboxylic acids is 1. The Morgan fingerprint density at radius 3 is 2.71 bits per heavy atom. The topological polar surface area (TPSA) is 81.6 Å². The van der Waals surface area contributed by atoms with Gasteiger partial charge in [-0.3, -0.25) is 4.79 Å². The van der Waals surface area contributed by atoms with Crippen LogP contribution in [0.4, 0.5) is 17.3 Å². The van der Waals surface area contributed by atoms with E-state index < -0.39 is 0 Å². The van der Waals surface area contributed by atoms with E-state index in [1.165, 1.54) is 0 Å². The van der Waals surface area contributed by atoms with Crippen molar-refractivity contribution in [1.29, 1.82) is 0 Å². The number of para-hydroxylation sites is 1. The number of aromatic nitrogens is 2. The molecule has 0 saturated carbocycles. The van der Waals surface area contributed by atoms with Crippen LogP contribution in [-0.2, 0) is 4.79 Å². The van der Waals surface area contributed by atoms with Gasteiger partial charge in [0.25, 0.3) is 0 Å². The molecule has 1 aromatic carbocycles. The molecule has 7 nitrogen and oxygen atoms in total. The molecule has 1 aromatic heterocycles. The van der Waals surface area contributed by atoms with Crippen molar-refractivity contribution in [2.45, 2.75) is 31.7 Å². The largest absolute Gasteiger partial charge is 0.394 e. The maximum Gasteiger partial charge on any atom is 0.229 e. The Hall–Kier alpha value is -2.67. The van der Waals surface area contributed by atoms with Gasteiger partial charge < -0.3 is 20.2 Å². The van der Waals surface area contributed by atoms with Gasteiger partial charge in [-0.15, -0.1) is 0 Å². The molecule has 4 rings (SSSR count). The molecule has 3 heterocycles. The Morgan fingerprint density at radius 1 is 1.11 bits per heavy atom. The summed E-state index contributed by atoms with van der Waals surface area (Å²) < 4.78 is 0. The van der Waals surface area contributed by atoms with E-state index in [1.807, 2.05) is 36.4 Å². The zero-order valence-electron chi connectivity index (χ0n) is 16.0. The van der Waals surface area contributed by atoms with E-state index >= 15 is 0 Å². The van der Waals surface area contributed by atoms with Gasteiger partial charge in [-0.25, -0.2) is 9.97 Å². The summed E-state index contributed by atoms with van der Waals surface area (Å²) in [5, 5.41) is 12.6. The van der Waals surface area contributed by atoms with E-state index in [9.17, 15) is 9.90 Å². The maximum absolute atomic E-state index is 12.7. The number of carbonyl (C=O) groups is 1. The average molecular weight is 381 g/mol. The lowest BCUT2D eigenvalue weighted by Gasteiger charge is -2.33. The number of piperidine rings is 1. The lowest BCUT2D eigenvalue weighted by atomic mass is 9.97. The molecule has 2 aromatic rings. The Labute approximate surface area is 165 Å². The molecule has 0 radical (unpaired) electrons. The van der Waals surface area contributed by atoms with Gasteiger partial charge in [0.15, 0.2) is 0 Å². The lowest BCUT2D eigenvalue weighted by Crippen LogP contribution is -2.41. The number of amides is 1. The highest BCUT2D eigenvalue weighted by Gasteiger charge is 2.29. The van der Waals surface area contributed by atoms with Crippen molar-refractivity contribution in [1.82, 2.24) is 9.97 Å². The Morgan fingerprint density at radius 2 is 1.89 bits per heavy atom. The number of aliphatic hydroxyl groups excluding tert-OH is 1. The number of anilines is 3. The fourth-order valence-electron chi connectivity index (χ4n) is 4.16. The number of hydrogen-bond donors (Lipinski definition) is 2. The molecule has 2 atom stereocenters. The highest BCUT2D eigenvalue weighted by Crippen LogP contribution is 2.28. The van der Waals surface area contributed by atoms with Gasteiger partial charge in [-0.05, 0) is 37.8 Å². The second kappa shape index (κ2) is 8.56. The highest BCUT2D eigenvalue weighted by atomic mass is 16.3. The normalized spacial score (nSPS) is 22.3. The SMILES string of the molecule is O=C(Nc1ccccc1)C1CCCN(c2cc(N3CCCC3CO)ncn2)C1. The van der Waals surface area contributed by atoms with Gasteiger partial charge in [0.1, 0.15) is 18.0 Å². The predicted molar refractivity (Wildman–Crippen MR) is 109 cm³/mol. The monoisotopic (exact) mass is 381 g/mol. The summed E-state index contributed by atoms with van der Waals surface area (Å²) in [5.74, 6) is 1.71. The van der Waals surface area contributed by atoms with Crippen LogP contribution < -0.4 is 15.1 Å². The third kappa shape index (κ3) is 4.09. The van der Waals surface area contributed by atoms with Crippen LogP contribution in [-0.4, -0.2) is 53.3 Å². The molecule has 28 heavy (non-hydrogen) atoms. The van der Waals surface area contributed by atoms with Crippen molar-refractivity contribution in [2.75, 3.05) is 41.4 Å². The number of aliphatic hydroxyl groups is 1. The number of nitrogens with zero attached hydrogens (tertiary/aromatic N) is 4. The second-order valence-electron chi connectivity index (χ2n) is 7.55. The molecule has 0 spiro atoms. The van der Waals surface area contributed by atoms with Gasteiger partial charge >= 0.3 is 0 Å². The van der Waals surface area contributed by atoms with E-state index in [4.69, 9.17) is 0 Å². The number of nitrogens with one attached hydrogen (secondary N) is 1. The van der Waals surface area contributed by atoms with E-state index in [0.29, 0.717) is 6.54 Å². The van der Waals surface area contributed by atoms with Crippen LogP contribution in [0, 0.1) is 5.92 Å². The summed E-state index contributed by atoms with van der Waals surface area (Å²) in [4.78, 5) is 25.9. The third-order valence-electron chi connectivity index (χ3n) is 5.68. The molecule has 2 aliphatic heterocycles. The molecule has 0 bridgehead atoms. The van der Waals surface area contributed by atoms with Crippen molar-refractivity contribution in [3.8, 4) is 0 Å². The van der Waals surface area contributed by atoms with E-state index in [2.05, 4.69) is 25.1 Å². The number of rotatable bonds is 5. The average Bonchev–Trinajstić information content (AvgIpc) is 3.24. The molecule has 2 aliphatic rings.